The van der Waals surface area contributed by atoms with E-state index < -0.39 is 5.97 Å². The average Bonchev–Trinajstić information content (AvgIpc) is 3.15. The Kier molecular flexibility index (Phi) is 5.95. The Balaban J connectivity index is 1.63. The fourth-order valence-corrected chi connectivity index (χ4v) is 4.28. The molecule has 0 aliphatic carbocycles. The maximum atomic E-state index is 12.8. The number of carbonyl (C=O) groups excluding carboxylic acids is 2. The Morgan fingerprint density at radius 1 is 0.935 bits per heavy atom. The number of ether oxygens (including phenoxy) is 2. The lowest BCUT2D eigenvalue weighted by atomic mass is 10.2. The molecule has 1 amide bonds. The van der Waals surface area contributed by atoms with Crippen molar-refractivity contribution in [3.8, 4) is 11.5 Å². The molecule has 0 saturated heterocycles. The van der Waals surface area contributed by atoms with E-state index in [-0.39, 0.29) is 5.91 Å². The van der Waals surface area contributed by atoms with E-state index in [1.165, 1.54) is 18.4 Å². The van der Waals surface area contributed by atoms with Gasteiger partial charge in [0.15, 0.2) is 4.80 Å². The molecule has 0 fully saturated rings. The maximum absolute atomic E-state index is 12.8. The Morgan fingerprint density at radius 3 is 2.29 bits per heavy atom. The molecule has 0 aliphatic rings. The summed E-state index contributed by atoms with van der Waals surface area (Å²) in [6, 6.07) is 21.7. The first kappa shape index (κ1) is 20.6. The van der Waals surface area contributed by atoms with Crippen molar-refractivity contribution in [2.24, 2.45) is 4.99 Å². The predicted octanol–water partition coefficient (Wildman–Crippen LogP) is 5.04. The van der Waals surface area contributed by atoms with E-state index in [2.05, 4.69) is 4.99 Å². The number of hydrogen-bond donors (Lipinski definition) is 0. The van der Waals surface area contributed by atoms with Crippen LogP contribution < -0.4 is 9.54 Å². The van der Waals surface area contributed by atoms with E-state index in [1.807, 2.05) is 47.9 Å². The van der Waals surface area contributed by atoms with Crippen LogP contribution in [0.5, 0.6) is 11.5 Å². The number of fused-ring (bicyclic) bond motifs is 1. The van der Waals surface area contributed by atoms with Gasteiger partial charge < -0.3 is 14.0 Å². The Bertz CT molecular complexity index is 1310. The van der Waals surface area contributed by atoms with Crippen LogP contribution in [-0.4, -0.2) is 23.6 Å². The molecule has 1 heterocycles. The first-order valence-corrected chi connectivity index (χ1v) is 10.5. The van der Waals surface area contributed by atoms with Gasteiger partial charge in [0.2, 0.25) is 0 Å². The van der Waals surface area contributed by atoms with Gasteiger partial charge >= 0.3 is 5.97 Å². The zero-order chi connectivity index (χ0) is 21.8. The number of para-hydroxylation sites is 1. The third kappa shape index (κ3) is 4.41. The van der Waals surface area contributed by atoms with Crippen molar-refractivity contribution in [2.45, 2.75) is 13.5 Å². The average molecular weight is 433 g/mol. The second-order valence-electron chi connectivity index (χ2n) is 6.66. The maximum Gasteiger partial charge on any atom is 0.337 e. The number of hydrogen-bond acceptors (Lipinski definition) is 5. The SMILES string of the molecule is CCn1c(=NC(=O)c2ccc(Oc3ccccc3)cc2)sc2cc(C(=O)OC)ccc21. The summed E-state index contributed by atoms with van der Waals surface area (Å²) < 4.78 is 13.4. The van der Waals surface area contributed by atoms with Crippen LogP contribution in [0.3, 0.4) is 0 Å². The third-order valence-electron chi connectivity index (χ3n) is 4.70. The molecule has 7 heteroatoms. The monoisotopic (exact) mass is 432 g/mol. The zero-order valence-electron chi connectivity index (χ0n) is 17.1. The van der Waals surface area contributed by atoms with Gasteiger partial charge in [-0.2, -0.15) is 4.99 Å². The summed E-state index contributed by atoms with van der Waals surface area (Å²) in [6.45, 7) is 2.63. The van der Waals surface area contributed by atoms with Gasteiger partial charge in [-0.1, -0.05) is 29.5 Å². The van der Waals surface area contributed by atoms with E-state index in [0.717, 1.165) is 16.0 Å². The molecule has 0 atom stereocenters. The lowest BCUT2D eigenvalue weighted by Crippen LogP contribution is -2.15. The summed E-state index contributed by atoms with van der Waals surface area (Å²) in [7, 11) is 1.35. The largest absolute Gasteiger partial charge is 0.465 e. The molecule has 4 aromatic rings. The molecular weight excluding hydrogens is 412 g/mol. The number of thiazole rings is 1. The highest BCUT2D eigenvalue weighted by molar-refractivity contribution is 7.16. The molecule has 1 aromatic heterocycles. The zero-order valence-corrected chi connectivity index (χ0v) is 17.9. The van der Waals surface area contributed by atoms with Crippen molar-refractivity contribution in [3.63, 3.8) is 0 Å². The lowest BCUT2D eigenvalue weighted by molar-refractivity contribution is 0.0600. The van der Waals surface area contributed by atoms with Crippen LogP contribution in [0.1, 0.15) is 27.6 Å². The highest BCUT2D eigenvalue weighted by atomic mass is 32.1. The third-order valence-corrected chi connectivity index (χ3v) is 5.74. The van der Waals surface area contributed by atoms with Crippen LogP contribution in [-0.2, 0) is 11.3 Å². The molecular formula is C24H20N2O4S. The Morgan fingerprint density at radius 2 is 1.61 bits per heavy atom. The van der Waals surface area contributed by atoms with Gasteiger partial charge in [0.25, 0.3) is 5.91 Å². The quantitative estimate of drug-likeness (QED) is 0.414. The van der Waals surface area contributed by atoms with Crippen molar-refractivity contribution >= 4 is 33.4 Å². The molecule has 4 rings (SSSR count). The number of methoxy groups -OCH3 is 1. The molecule has 0 aliphatic heterocycles. The molecule has 156 valence electrons. The van der Waals surface area contributed by atoms with Crippen molar-refractivity contribution in [1.29, 1.82) is 0 Å². The van der Waals surface area contributed by atoms with Crippen molar-refractivity contribution < 1.29 is 19.1 Å². The number of carbonyl (C=O) groups is 2. The minimum absolute atomic E-state index is 0.340. The van der Waals surface area contributed by atoms with Crippen LogP contribution in [0.4, 0.5) is 0 Å². The number of amides is 1. The fourth-order valence-electron chi connectivity index (χ4n) is 3.15. The topological polar surface area (TPSA) is 69.9 Å². The van der Waals surface area contributed by atoms with Crippen molar-refractivity contribution in [2.75, 3.05) is 7.11 Å². The summed E-state index contributed by atoms with van der Waals surface area (Å²) in [4.78, 5) is 29.5. The van der Waals surface area contributed by atoms with Gasteiger partial charge in [-0.3, -0.25) is 4.79 Å². The highest BCUT2D eigenvalue weighted by Crippen LogP contribution is 2.22. The summed E-state index contributed by atoms with van der Waals surface area (Å²) in [6.07, 6.45) is 0. The van der Waals surface area contributed by atoms with E-state index in [0.29, 0.717) is 28.2 Å². The first-order valence-electron chi connectivity index (χ1n) is 9.72. The second kappa shape index (κ2) is 8.97. The Labute approximate surface area is 183 Å². The normalized spacial score (nSPS) is 11.5. The highest BCUT2D eigenvalue weighted by Gasteiger charge is 2.12. The van der Waals surface area contributed by atoms with E-state index >= 15 is 0 Å². The molecule has 6 nitrogen and oxygen atoms in total. The standard InChI is InChI=1S/C24H20N2O4S/c1-3-26-20-14-11-17(23(28)29-2)15-21(20)31-24(26)25-22(27)16-9-12-19(13-10-16)30-18-7-5-4-6-8-18/h4-15H,3H2,1-2H3. The molecule has 0 bridgehead atoms. The van der Waals surface area contributed by atoms with Gasteiger partial charge in [0, 0.05) is 12.1 Å². The molecule has 3 aromatic carbocycles. The summed E-state index contributed by atoms with van der Waals surface area (Å²) in [5.41, 5.74) is 1.85. The molecule has 31 heavy (non-hydrogen) atoms. The molecule has 0 N–H and O–H groups in total. The van der Waals surface area contributed by atoms with Crippen LogP contribution in [0.25, 0.3) is 10.2 Å². The number of nitrogens with zero attached hydrogens (tertiary/aromatic N) is 2. The molecule has 0 spiro atoms. The smallest absolute Gasteiger partial charge is 0.337 e. The van der Waals surface area contributed by atoms with Gasteiger partial charge in [-0.25, -0.2) is 4.79 Å². The van der Waals surface area contributed by atoms with E-state index in [4.69, 9.17) is 9.47 Å². The number of esters is 1. The number of aryl methyl sites for hydroxylation is 1. The summed E-state index contributed by atoms with van der Waals surface area (Å²) >= 11 is 1.36. The predicted molar refractivity (Wildman–Crippen MR) is 120 cm³/mol. The number of benzene rings is 3. The van der Waals surface area contributed by atoms with Gasteiger partial charge in [-0.15, -0.1) is 0 Å². The van der Waals surface area contributed by atoms with Gasteiger partial charge in [-0.05, 0) is 61.5 Å². The van der Waals surface area contributed by atoms with E-state index in [1.54, 1.807) is 36.4 Å². The Hall–Kier alpha value is -3.71. The van der Waals surface area contributed by atoms with Crippen molar-refractivity contribution in [3.05, 3.63) is 88.7 Å². The minimum Gasteiger partial charge on any atom is -0.465 e. The fraction of sp³-hybridized carbons (Fsp3) is 0.125. The van der Waals surface area contributed by atoms with E-state index in [9.17, 15) is 9.59 Å². The van der Waals surface area contributed by atoms with Crippen LogP contribution >= 0.6 is 11.3 Å². The molecule has 0 unspecified atom stereocenters. The second-order valence-corrected chi connectivity index (χ2v) is 7.67. The number of aromatic nitrogens is 1. The van der Waals surface area contributed by atoms with Crippen molar-refractivity contribution in [1.82, 2.24) is 4.57 Å². The summed E-state index contributed by atoms with van der Waals surface area (Å²) in [5, 5.41) is 0. The first-order chi connectivity index (χ1) is 15.1. The lowest BCUT2D eigenvalue weighted by Gasteiger charge is -2.05. The van der Waals surface area contributed by atoms with Crippen LogP contribution in [0, 0.1) is 0 Å². The van der Waals surface area contributed by atoms with Gasteiger partial charge in [0.1, 0.15) is 11.5 Å². The summed E-state index contributed by atoms with van der Waals surface area (Å²) in [5.74, 6) is 0.634. The van der Waals surface area contributed by atoms with Crippen LogP contribution in [0.2, 0.25) is 0 Å². The molecule has 0 radical (unpaired) electrons. The molecule has 0 saturated carbocycles. The van der Waals surface area contributed by atoms with Gasteiger partial charge in [0.05, 0.1) is 22.9 Å². The minimum atomic E-state index is -0.397. The van der Waals surface area contributed by atoms with Crippen LogP contribution in [0.15, 0.2) is 77.8 Å². The number of rotatable bonds is 5.